The summed E-state index contributed by atoms with van der Waals surface area (Å²) in [4.78, 5) is 32.5. The Bertz CT molecular complexity index is 927. The zero-order valence-corrected chi connectivity index (χ0v) is 13.9. The van der Waals surface area contributed by atoms with Crippen molar-refractivity contribution in [3.63, 3.8) is 0 Å². The lowest BCUT2D eigenvalue weighted by atomic mass is 10.1. The maximum absolute atomic E-state index is 13.0. The number of piperazine rings is 1. The molecule has 1 saturated heterocycles. The Balaban J connectivity index is 1.42. The van der Waals surface area contributed by atoms with Gasteiger partial charge in [-0.15, -0.1) is 0 Å². The molecule has 0 N–H and O–H groups in total. The van der Waals surface area contributed by atoms with Crippen LogP contribution in [-0.2, 0) is 0 Å². The van der Waals surface area contributed by atoms with Gasteiger partial charge in [0.1, 0.15) is 11.3 Å². The third-order valence-electron chi connectivity index (χ3n) is 4.44. The van der Waals surface area contributed by atoms with Gasteiger partial charge < -0.3 is 14.2 Å². The second-order valence-corrected chi connectivity index (χ2v) is 6.09. The van der Waals surface area contributed by atoms with Crippen molar-refractivity contribution in [3.8, 4) is 0 Å². The number of benzene rings is 1. The molecule has 0 radical (unpaired) electrons. The maximum Gasteiger partial charge on any atom is 0.289 e. The summed E-state index contributed by atoms with van der Waals surface area (Å²) >= 11 is 0. The molecule has 1 aliphatic rings. The van der Waals surface area contributed by atoms with E-state index in [2.05, 4.69) is 4.98 Å². The van der Waals surface area contributed by atoms with E-state index in [1.807, 2.05) is 0 Å². The Morgan fingerprint density at radius 1 is 0.962 bits per heavy atom. The first-order valence-corrected chi connectivity index (χ1v) is 8.30. The molecule has 0 bridgehead atoms. The van der Waals surface area contributed by atoms with Gasteiger partial charge in [-0.2, -0.15) is 0 Å². The smallest absolute Gasteiger partial charge is 0.289 e. The van der Waals surface area contributed by atoms with Gasteiger partial charge in [-0.1, -0.05) is 0 Å². The van der Waals surface area contributed by atoms with Crippen LogP contribution in [0.2, 0.25) is 0 Å². The number of hydrogen-bond donors (Lipinski definition) is 0. The van der Waals surface area contributed by atoms with Crippen molar-refractivity contribution in [2.45, 2.75) is 0 Å². The number of carbonyl (C=O) groups is 2. The number of halogens is 1. The second-order valence-electron chi connectivity index (χ2n) is 6.09. The molecule has 3 heterocycles. The molecule has 7 heteroatoms. The van der Waals surface area contributed by atoms with Crippen LogP contribution in [0.25, 0.3) is 11.1 Å². The van der Waals surface area contributed by atoms with Gasteiger partial charge >= 0.3 is 0 Å². The first-order chi connectivity index (χ1) is 12.6. The van der Waals surface area contributed by atoms with E-state index in [0.717, 1.165) is 0 Å². The summed E-state index contributed by atoms with van der Waals surface area (Å²) in [5, 5.41) is 0. The van der Waals surface area contributed by atoms with Gasteiger partial charge in [0, 0.05) is 44.0 Å². The summed E-state index contributed by atoms with van der Waals surface area (Å²) in [6.07, 6.45) is 1.64. The van der Waals surface area contributed by atoms with E-state index < -0.39 is 0 Å². The third-order valence-corrected chi connectivity index (χ3v) is 4.44. The van der Waals surface area contributed by atoms with E-state index in [1.165, 1.54) is 24.3 Å². The highest BCUT2D eigenvalue weighted by Crippen LogP contribution is 2.19. The average molecular weight is 353 g/mol. The van der Waals surface area contributed by atoms with Crippen LogP contribution in [0.3, 0.4) is 0 Å². The molecule has 3 aromatic rings. The molecule has 0 unspecified atom stereocenters. The molecule has 0 aliphatic carbocycles. The predicted molar refractivity (Wildman–Crippen MR) is 92.2 cm³/mol. The van der Waals surface area contributed by atoms with Crippen LogP contribution >= 0.6 is 0 Å². The van der Waals surface area contributed by atoms with Gasteiger partial charge in [-0.3, -0.25) is 14.6 Å². The van der Waals surface area contributed by atoms with E-state index in [4.69, 9.17) is 4.42 Å². The van der Waals surface area contributed by atoms with Crippen molar-refractivity contribution in [3.05, 3.63) is 65.8 Å². The van der Waals surface area contributed by atoms with E-state index in [9.17, 15) is 14.0 Å². The minimum absolute atomic E-state index is 0.162. The summed E-state index contributed by atoms with van der Waals surface area (Å²) < 4.78 is 18.6. The number of carbonyl (C=O) groups excluding carboxylic acids is 2. The van der Waals surface area contributed by atoms with Crippen LogP contribution in [0.1, 0.15) is 20.9 Å². The molecule has 26 heavy (non-hydrogen) atoms. The molecule has 0 atom stereocenters. The third kappa shape index (κ3) is 3.03. The molecule has 2 amide bonds. The minimum atomic E-state index is -0.378. The van der Waals surface area contributed by atoms with Crippen LogP contribution in [-0.4, -0.2) is 52.8 Å². The molecule has 4 rings (SSSR count). The molecule has 132 valence electrons. The second kappa shape index (κ2) is 6.59. The normalized spacial score (nSPS) is 14.7. The zero-order valence-electron chi connectivity index (χ0n) is 13.9. The maximum atomic E-state index is 13.0. The number of furan rings is 1. The summed E-state index contributed by atoms with van der Waals surface area (Å²) in [6, 6.07) is 10.6. The predicted octanol–water partition coefficient (Wildman–Crippen LogP) is 2.57. The number of nitrogens with zero attached hydrogens (tertiary/aromatic N) is 3. The standard InChI is InChI=1S/C19H16FN3O3/c20-14-5-3-13(4-6-14)18(24)22-8-10-23(11-9-22)19(25)17-12-15-16(26-17)2-1-7-21-15/h1-7,12H,8-11H2. The first-order valence-electron chi connectivity index (χ1n) is 8.30. The van der Waals surface area contributed by atoms with Gasteiger partial charge in [-0.25, -0.2) is 4.39 Å². The molecule has 0 saturated carbocycles. The molecule has 1 aromatic carbocycles. The molecule has 1 fully saturated rings. The molecule has 1 aliphatic heterocycles. The largest absolute Gasteiger partial charge is 0.449 e. The highest BCUT2D eigenvalue weighted by molar-refractivity contribution is 5.96. The van der Waals surface area contributed by atoms with Crippen LogP contribution in [0, 0.1) is 5.82 Å². The zero-order chi connectivity index (χ0) is 18.1. The lowest BCUT2D eigenvalue weighted by Crippen LogP contribution is -2.50. The van der Waals surface area contributed by atoms with Crippen LogP contribution in [0.4, 0.5) is 4.39 Å². The van der Waals surface area contributed by atoms with Crippen molar-refractivity contribution in [2.75, 3.05) is 26.2 Å². The van der Waals surface area contributed by atoms with Crippen LogP contribution < -0.4 is 0 Å². The first kappa shape index (κ1) is 16.3. The van der Waals surface area contributed by atoms with Crippen molar-refractivity contribution < 1.29 is 18.4 Å². The van der Waals surface area contributed by atoms with Crippen molar-refractivity contribution in [2.24, 2.45) is 0 Å². The highest BCUT2D eigenvalue weighted by atomic mass is 19.1. The Labute approximate surface area is 148 Å². The number of amides is 2. The van der Waals surface area contributed by atoms with Gasteiger partial charge in [0.2, 0.25) is 0 Å². The Morgan fingerprint density at radius 3 is 2.27 bits per heavy atom. The number of rotatable bonds is 2. The Morgan fingerprint density at radius 2 is 1.62 bits per heavy atom. The van der Waals surface area contributed by atoms with Crippen LogP contribution in [0.5, 0.6) is 0 Å². The molecule has 0 spiro atoms. The summed E-state index contributed by atoms with van der Waals surface area (Å²) in [6.45, 7) is 1.66. The van der Waals surface area contributed by atoms with Crippen molar-refractivity contribution >= 4 is 22.9 Å². The number of pyridine rings is 1. The molecule has 2 aromatic heterocycles. The van der Waals surface area contributed by atoms with Crippen LogP contribution in [0.15, 0.2) is 53.1 Å². The lowest BCUT2D eigenvalue weighted by Gasteiger charge is -2.34. The SMILES string of the molecule is O=C(c1ccc(F)cc1)N1CCN(C(=O)c2cc3ncccc3o2)CC1. The molecular weight excluding hydrogens is 337 g/mol. The van der Waals surface area contributed by atoms with Crippen molar-refractivity contribution in [1.29, 1.82) is 0 Å². The van der Waals surface area contributed by atoms with E-state index in [0.29, 0.717) is 42.8 Å². The Hall–Kier alpha value is -3.22. The van der Waals surface area contributed by atoms with Gasteiger partial charge in [0.25, 0.3) is 11.8 Å². The number of fused-ring (bicyclic) bond motifs is 1. The average Bonchev–Trinajstić information content (AvgIpc) is 3.12. The fourth-order valence-corrected chi connectivity index (χ4v) is 3.02. The Kier molecular flexibility index (Phi) is 4.12. The van der Waals surface area contributed by atoms with E-state index in [-0.39, 0.29) is 23.4 Å². The molecule has 6 nitrogen and oxygen atoms in total. The van der Waals surface area contributed by atoms with Crippen molar-refractivity contribution in [1.82, 2.24) is 14.8 Å². The monoisotopic (exact) mass is 353 g/mol. The summed E-state index contributed by atoms with van der Waals surface area (Å²) in [7, 11) is 0. The fraction of sp³-hybridized carbons (Fsp3) is 0.211. The number of aromatic nitrogens is 1. The fourth-order valence-electron chi connectivity index (χ4n) is 3.02. The highest BCUT2D eigenvalue weighted by Gasteiger charge is 2.27. The van der Waals surface area contributed by atoms with E-state index in [1.54, 1.807) is 34.2 Å². The summed E-state index contributed by atoms with van der Waals surface area (Å²) in [5.41, 5.74) is 1.65. The van der Waals surface area contributed by atoms with Gasteiger partial charge in [0.15, 0.2) is 11.3 Å². The quantitative estimate of drug-likeness (QED) is 0.710. The van der Waals surface area contributed by atoms with Gasteiger partial charge in [-0.05, 0) is 36.4 Å². The number of hydrogen-bond acceptors (Lipinski definition) is 4. The minimum Gasteiger partial charge on any atom is -0.449 e. The summed E-state index contributed by atoms with van der Waals surface area (Å²) in [5.74, 6) is -0.504. The van der Waals surface area contributed by atoms with Gasteiger partial charge in [0.05, 0.1) is 0 Å². The topological polar surface area (TPSA) is 66.7 Å². The lowest BCUT2D eigenvalue weighted by molar-refractivity contribution is 0.0519. The van der Waals surface area contributed by atoms with E-state index >= 15 is 0 Å². The molecular formula is C19H16FN3O3.